The molecule has 0 aliphatic heterocycles. The van der Waals surface area contributed by atoms with Crippen LogP contribution in [0.25, 0.3) is 11.1 Å². The van der Waals surface area contributed by atoms with Crippen molar-refractivity contribution in [2.45, 2.75) is 104 Å². The van der Waals surface area contributed by atoms with E-state index in [1.54, 1.807) is 6.92 Å². The Bertz CT molecular complexity index is 813. The molecular weight excluding hydrogens is 436 g/mol. The smallest absolute Gasteiger partial charge is 0.335 e. The monoisotopic (exact) mass is 482 g/mol. The summed E-state index contributed by atoms with van der Waals surface area (Å²) in [5.41, 5.74) is 3.23. The minimum Gasteiger partial charge on any atom is -0.494 e. The van der Waals surface area contributed by atoms with E-state index in [1.165, 1.54) is 44.9 Å². The highest BCUT2D eigenvalue weighted by Crippen LogP contribution is 2.26. The SMILES string of the molecule is CCCCCCCCOc1ccc(-c2ccc(C(C)OC(=O)C(C)OCCCCCC)cc2)cc1. The van der Waals surface area contributed by atoms with Gasteiger partial charge < -0.3 is 14.2 Å². The minimum atomic E-state index is -0.542. The van der Waals surface area contributed by atoms with Gasteiger partial charge in [0.05, 0.1) is 6.61 Å². The van der Waals surface area contributed by atoms with Crippen LogP contribution in [0.5, 0.6) is 5.75 Å². The molecule has 2 aromatic carbocycles. The highest BCUT2D eigenvalue weighted by molar-refractivity contribution is 5.74. The van der Waals surface area contributed by atoms with E-state index in [0.29, 0.717) is 6.61 Å². The standard InChI is InChI=1S/C31H46O4/c1-5-7-9-11-12-14-24-34-30-21-19-29(20-22-30)28-17-15-27(16-18-28)25(3)35-31(32)26(4)33-23-13-10-8-6-2/h15-22,25-26H,5-14,23-24H2,1-4H3. The summed E-state index contributed by atoms with van der Waals surface area (Å²) in [6, 6.07) is 16.4. The fourth-order valence-corrected chi connectivity index (χ4v) is 3.96. The summed E-state index contributed by atoms with van der Waals surface area (Å²) in [7, 11) is 0. The van der Waals surface area contributed by atoms with E-state index < -0.39 is 6.10 Å². The van der Waals surface area contributed by atoms with Crippen molar-refractivity contribution >= 4 is 5.97 Å². The van der Waals surface area contributed by atoms with E-state index in [4.69, 9.17) is 14.2 Å². The van der Waals surface area contributed by atoms with Gasteiger partial charge in [-0.3, -0.25) is 0 Å². The zero-order chi connectivity index (χ0) is 25.3. The second kappa shape index (κ2) is 17.2. The van der Waals surface area contributed by atoms with Crippen LogP contribution in [0.4, 0.5) is 0 Å². The van der Waals surface area contributed by atoms with Crippen LogP contribution >= 0.6 is 0 Å². The molecule has 35 heavy (non-hydrogen) atoms. The number of esters is 1. The Labute approximate surface area is 213 Å². The lowest BCUT2D eigenvalue weighted by Crippen LogP contribution is -2.25. The van der Waals surface area contributed by atoms with Crippen LogP contribution in [0, 0.1) is 0 Å². The number of ether oxygens (including phenoxy) is 3. The number of hydrogen-bond donors (Lipinski definition) is 0. The van der Waals surface area contributed by atoms with Crippen molar-refractivity contribution in [3.05, 3.63) is 54.1 Å². The molecule has 2 aromatic rings. The average molecular weight is 483 g/mol. The maximum absolute atomic E-state index is 12.4. The number of unbranched alkanes of at least 4 members (excludes halogenated alkanes) is 8. The summed E-state index contributed by atoms with van der Waals surface area (Å²) < 4.78 is 17.2. The quantitative estimate of drug-likeness (QED) is 0.157. The molecule has 0 heterocycles. The number of benzene rings is 2. The highest BCUT2D eigenvalue weighted by atomic mass is 16.6. The van der Waals surface area contributed by atoms with Gasteiger partial charge in [0.2, 0.25) is 0 Å². The summed E-state index contributed by atoms with van der Waals surface area (Å²) in [6.07, 6.45) is 11.2. The Hall–Kier alpha value is -2.33. The van der Waals surface area contributed by atoms with Gasteiger partial charge in [-0.05, 0) is 55.5 Å². The average Bonchev–Trinajstić information content (AvgIpc) is 2.88. The van der Waals surface area contributed by atoms with Crippen LogP contribution < -0.4 is 4.74 Å². The maximum Gasteiger partial charge on any atom is 0.335 e. The Morgan fingerprint density at radius 3 is 1.83 bits per heavy atom. The summed E-state index contributed by atoms with van der Waals surface area (Å²) in [5, 5.41) is 0. The third-order valence-electron chi connectivity index (χ3n) is 6.32. The van der Waals surface area contributed by atoms with E-state index in [9.17, 15) is 4.79 Å². The predicted octanol–water partition coefficient (Wildman–Crippen LogP) is 8.68. The van der Waals surface area contributed by atoms with E-state index in [2.05, 4.69) is 38.1 Å². The fourth-order valence-electron chi connectivity index (χ4n) is 3.96. The van der Waals surface area contributed by atoms with Crippen molar-refractivity contribution in [1.82, 2.24) is 0 Å². The summed E-state index contributed by atoms with van der Waals surface area (Å²) in [6.45, 7) is 9.46. The van der Waals surface area contributed by atoms with Crippen molar-refractivity contribution in [1.29, 1.82) is 0 Å². The molecular formula is C31H46O4. The predicted molar refractivity (Wildman–Crippen MR) is 145 cm³/mol. The van der Waals surface area contributed by atoms with Gasteiger partial charge in [0.15, 0.2) is 6.10 Å². The Kier molecular flexibility index (Phi) is 14.2. The van der Waals surface area contributed by atoms with Crippen molar-refractivity contribution in [2.24, 2.45) is 0 Å². The molecule has 2 atom stereocenters. The molecule has 0 aromatic heterocycles. The van der Waals surface area contributed by atoms with Gasteiger partial charge in [0.25, 0.3) is 0 Å². The number of carbonyl (C=O) groups excluding carboxylic acids is 1. The Morgan fingerprint density at radius 1 is 0.686 bits per heavy atom. The largest absolute Gasteiger partial charge is 0.494 e. The molecule has 2 rings (SSSR count). The fraction of sp³-hybridized carbons (Fsp3) is 0.581. The molecule has 0 aliphatic rings. The molecule has 4 nitrogen and oxygen atoms in total. The first kappa shape index (κ1) is 28.9. The molecule has 0 amide bonds. The maximum atomic E-state index is 12.4. The summed E-state index contributed by atoms with van der Waals surface area (Å²) in [5.74, 6) is 0.606. The minimum absolute atomic E-state index is 0.311. The van der Waals surface area contributed by atoms with Crippen LogP contribution in [0.2, 0.25) is 0 Å². The molecule has 0 aliphatic carbocycles. The molecule has 4 heteroatoms. The lowest BCUT2D eigenvalue weighted by molar-refractivity contribution is -0.161. The van der Waals surface area contributed by atoms with Gasteiger partial charge in [-0.25, -0.2) is 4.79 Å². The van der Waals surface area contributed by atoms with E-state index in [-0.39, 0.29) is 12.1 Å². The molecule has 0 radical (unpaired) electrons. The highest BCUT2D eigenvalue weighted by Gasteiger charge is 2.19. The van der Waals surface area contributed by atoms with Gasteiger partial charge in [-0.15, -0.1) is 0 Å². The van der Waals surface area contributed by atoms with Crippen LogP contribution in [0.3, 0.4) is 0 Å². The lowest BCUT2D eigenvalue weighted by Gasteiger charge is -2.18. The molecule has 0 fully saturated rings. The zero-order valence-corrected chi connectivity index (χ0v) is 22.4. The van der Waals surface area contributed by atoms with Crippen LogP contribution in [0.15, 0.2) is 48.5 Å². The van der Waals surface area contributed by atoms with Gasteiger partial charge >= 0.3 is 5.97 Å². The van der Waals surface area contributed by atoms with Gasteiger partial charge in [0, 0.05) is 6.61 Å². The Balaban J connectivity index is 1.76. The first-order valence-electron chi connectivity index (χ1n) is 13.7. The number of rotatable bonds is 18. The molecule has 0 saturated carbocycles. The van der Waals surface area contributed by atoms with Gasteiger partial charge in [-0.1, -0.05) is 102 Å². The number of carbonyl (C=O) groups is 1. The summed E-state index contributed by atoms with van der Waals surface area (Å²) in [4.78, 5) is 12.4. The second-order valence-corrected chi connectivity index (χ2v) is 9.42. The molecule has 2 unspecified atom stereocenters. The molecule has 0 bridgehead atoms. The number of hydrogen-bond acceptors (Lipinski definition) is 4. The topological polar surface area (TPSA) is 44.8 Å². The van der Waals surface area contributed by atoms with Crippen molar-refractivity contribution in [2.75, 3.05) is 13.2 Å². The lowest BCUT2D eigenvalue weighted by atomic mass is 10.0. The van der Waals surface area contributed by atoms with Crippen LogP contribution in [-0.4, -0.2) is 25.3 Å². The third-order valence-corrected chi connectivity index (χ3v) is 6.32. The van der Waals surface area contributed by atoms with Crippen molar-refractivity contribution < 1.29 is 19.0 Å². The molecule has 0 N–H and O–H groups in total. The van der Waals surface area contributed by atoms with E-state index in [1.807, 2.05) is 31.2 Å². The normalized spacial score (nSPS) is 12.8. The van der Waals surface area contributed by atoms with Crippen molar-refractivity contribution in [3.63, 3.8) is 0 Å². The molecule has 0 saturated heterocycles. The first-order valence-corrected chi connectivity index (χ1v) is 13.7. The van der Waals surface area contributed by atoms with Crippen molar-refractivity contribution in [3.8, 4) is 16.9 Å². The van der Waals surface area contributed by atoms with E-state index in [0.717, 1.165) is 48.3 Å². The van der Waals surface area contributed by atoms with Gasteiger partial charge in [-0.2, -0.15) is 0 Å². The third kappa shape index (κ3) is 11.3. The zero-order valence-electron chi connectivity index (χ0n) is 22.4. The molecule has 194 valence electrons. The van der Waals surface area contributed by atoms with Gasteiger partial charge in [0.1, 0.15) is 11.9 Å². The first-order chi connectivity index (χ1) is 17.0. The molecule has 0 spiro atoms. The van der Waals surface area contributed by atoms with Crippen LogP contribution in [-0.2, 0) is 14.3 Å². The Morgan fingerprint density at radius 2 is 1.20 bits per heavy atom. The van der Waals surface area contributed by atoms with E-state index >= 15 is 0 Å². The second-order valence-electron chi connectivity index (χ2n) is 9.42. The van der Waals surface area contributed by atoms with Crippen LogP contribution in [0.1, 0.15) is 104 Å². The summed E-state index contributed by atoms with van der Waals surface area (Å²) >= 11 is 0.